The highest BCUT2D eigenvalue weighted by atomic mass is 35.5. The minimum Gasteiger partial charge on any atom is -0.481 e. The molecule has 2 heterocycles. The quantitative estimate of drug-likeness (QED) is 0.861. The van der Waals surface area contributed by atoms with Crippen molar-refractivity contribution in [3.8, 4) is 0 Å². The van der Waals surface area contributed by atoms with Gasteiger partial charge in [-0.1, -0.05) is 11.6 Å². The van der Waals surface area contributed by atoms with Crippen LogP contribution in [0.15, 0.2) is 18.3 Å². The highest BCUT2D eigenvalue weighted by molar-refractivity contribution is 7.91. The molecule has 0 saturated carbocycles. The number of halogens is 1. The van der Waals surface area contributed by atoms with E-state index in [-0.39, 0.29) is 23.7 Å². The van der Waals surface area contributed by atoms with Gasteiger partial charge in [-0.3, -0.25) is 14.6 Å². The van der Waals surface area contributed by atoms with Crippen LogP contribution < -0.4 is 0 Å². The van der Waals surface area contributed by atoms with Crippen molar-refractivity contribution in [1.29, 1.82) is 0 Å². The molecular formula is C12H13ClN2O5S. The molecule has 0 aromatic carbocycles. The average molecular weight is 333 g/mol. The van der Waals surface area contributed by atoms with Crippen molar-refractivity contribution in [1.82, 2.24) is 9.88 Å². The first-order valence-electron chi connectivity index (χ1n) is 6.13. The molecule has 0 aliphatic carbocycles. The lowest BCUT2D eigenvalue weighted by atomic mass is 10.1. The van der Waals surface area contributed by atoms with Gasteiger partial charge in [0.25, 0.3) is 5.91 Å². The predicted molar refractivity (Wildman–Crippen MR) is 75.0 cm³/mol. The van der Waals surface area contributed by atoms with Gasteiger partial charge in [0.05, 0.1) is 24.0 Å². The number of pyridine rings is 1. The largest absolute Gasteiger partial charge is 0.481 e. The van der Waals surface area contributed by atoms with Crippen LogP contribution in [-0.2, 0) is 14.6 Å². The van der Waals surface area contributed by atoms with E-state index >= 15 is 0 Å². The number of nitrogens with zero attached hydrogens (tertiary/aromatic N) is 2. The minimum absolute atomic E-state index is 0.0483. The van der Waals surface area contributed by atoms with Gasteiger partial charge in [0.15, 0.2) is 9.84 Å². The maximum Gasteiger partial charge on any atom is 0.305 e. The predicted octanol–water partition coefficient (Wildman–Crippen LogP) is 0.449. The molecule has 9 heteroatoms. The molecule has 1 saturated heterocycles. The van der Waals surface area contributed by atoms with Gasteiger partial charge < -0.3 is 10.0 Å². The first-order chi connectivity index (χ1) is 9.78. The van der Waals surface area contributed by atoms with Crippen LogP contribution in [0.5, 0.6) is 0 Å². The maximum absolute atomic E-state index is 12.4. The van der Waals surface area contributed by atoms with Crippen molar-refractivity contribution < 1.29 is 23.1 Å². The third-order valence-corrected chi connectivity index (χ3v) is 5.07. The standard InChI is InChI=1S/C12H13ClN2O5S/c13-8-1-2-14-10(5-8)12(18)15-3-4-21(19,20)7-9(15)6-11(16)17/h1-2,5,9H,3-4,6-7H2,(H,16,17). The van der Waals surface area contributed by atoms with Crippen LogP contribution >= 0.6 is 11.6 Å². The minimum atomic E-state index is -3.34. The van der Waals surface area contributed by atoms with Gasteiger partial charge in [-0.15, -0.1) is 0 Å². The number of carbonyl (C=O) groups is 2. The van der Waals surface area contributed by atoms with Crippen LogP contribution in [-0.4, -0.2) is 59.4 Å². The molecule has 2 rings (SSSR count). The molecule has 1 fully saturated rings. The number of carbonyl (C=O) groups excluding carboxylic acids is 1. The van der Waals surface area contributed by atoms with Gasteiger partial charge in [0, 0.05) is 17.8 Å². The van der Waals surface area contributed by atoms with Crippen molar-refractivity contribution in [2.24, 2.45) is 0 Å². The average Bonchev–Trinajstić information content (AvgIpc) is 2.36. The number of sulfone groups is 1. The lowest BCUT2D eigenvalue weighted by molar-refractivity contribution is -0.138. The number of aliphatic carboxylic acids is 1. The van der Waals surface area contributed by atoms with Gasteiger partial charge in [-0.25, -0.2) is 8.42 Å². The Kier molecular flexibility index (Phi) is 4.48. The highest BCUT2D eigenvalue weighted by Crippen LogP contribution is 2.19. The summed E-state index contributed by atoms with van der Waals surface area (Å²) < 4.78 is 23.3. The molecule has 0 spiro atoms. The summed E-state index contributed by atoms with van der Waals surface area (Å²) in [5.41, 5.74) is 0.0668. The molecule has 0 bridgehead atoms. The molecule has 7 nitrogen and oxygen atoms in total. The summed E-state index contributed by atoms with van der Waals surface area (Å²) in [6.07, 6.45) is 0.938. The topological polar surface area (TPSA) is 105 Å². The van der Waals surface area contributed by atoms with E-state index in [1.165, 1.54) is 23.2 Å². The number of hydrogen-bond acceptors (Lipinski definition) is 5. The van der Waals surface area contributed by atoms with Crippen molar-refractivity contribution in [3.05, 3.63) is 29.0 Å². The summed E-state index contributed by atoms with van der Waals surface area (Å²) in [6, 6.07) is 1.98. The van der Waals surface area contributed by atoms with E-state index < -0.39 is 34.2 Å². The Bertz CT molecular complexity index is 676. The molecular weight excluding hydrogens is 320 g/mol. The van der Waals surface area contributed by atoms with E-state index in [4.69, 9.17) is 16.7 Å². The fourth-order valence-corrected chi connectivity index (χ4v) is 3.88. The van der Waals surface area contributed by atoms with E-state index in [1.54, 1.807) is 0 Å². The molecule has 1 unspecified atom stereocenters. The first-order valence-corrected chi connectivity index (χ1v) is 8.33. The SMILES string of the molecule is O=C(O)CC1CS(=O)(=O)CCN1C(=O)c1cc(Cl)ccn1. The molecule has 1 amide bonds. The molecule has 21 heavy (non-hydrogen) atoms. The Morgan fingerprint density at radius 3 is 2.81 bits per heavy atom. The molecule has 1 aromatic rings. The Morgan fingerprint density at radius 2 is 2.19 bits per heavy atom. The first kappa shape index (κ1) is 15.7. The van der Waals surface area contributed by atoms with Crippen LogP contribution in [0.4, 0.5) is 0 Å². The highest BCUT2D eigenvalue weighted by Gasteiger charge is 2.36. The van der Waals surface area contributed by atoms with Crippen molar-refractivity contribution in [2.45, 2.75) is 12.5 Å². The van der Waals surface area contributed by atoms with E-state index in [2.05, 4.69) is 4.98 Å². The second kappa shape index (κ2) is 5.98. The summed E-state index contributed by atoms with van der Waals surface area (Å²) in [5, 5.41) is 9.21. The third-order valence-electron chi connectivity index (χ3n) is 3.14. The molecule has 1 N–H and O–H groups in total. The number of hydrogen-bond donors (Lipinski definition) is 1. The fraction of sp³-hybridized carbons (Fsp3) is 0.417. The normalized spacial score (nSPS) is 21.0. The Hall–Kier alpha value is -1.67. The van der Waals surface area contributed by atoms with Crippen LogP contribution in [0.2, 0.25) is 5.02 Å². The summed E-state index contributed by atoms with van der Waals surface area (Å²) in [5.74, 6) is -2.21. The van der Waals surface area contributed by atoms with Crippen molar-refractivity contribution in [3.63, 3.8) is 0 Å². The maximum atomic E-state index is 12.4. The zero-order chi connectivity index (χ0) is 15.6. The van der Waals surface area contributed by atoms with Gasteiger partial charge >= 0.3 is 5.97 Å². The Balaban J connectivity index is 2.27. The summed E-state index contributed by atoms with van der Waals surface area (Å²) in [7, 11) is -3.34. The zero-order valence-corrected chi connectivity index (χ0v) is 12.5. The van der Waals surface area contributed by atoms with Gasteiger partial charge in [0.1, 0.15) is 5.69 Å². The van der Waals surface area contributed by atoms with E-state index in [9.17, 15) is 18.0 Å². The molecule has 1 aliphatic heterocycles. The number of carboxylic acid groups (broad SMARTS) is 1. The monoisotopic (exact) mass is 332 g/mol. The number of rotatable bonds is 3. The molecule has 1 aromatic heterocycles. The van der Waals surface area contributed by atoms with Crippen LogP contribution in [0.1, 0.15) is 16.9 Å². The van der Waals surface area contributed by atoms with E-state index in [0.717, 1.165) is 0 Å². The Morgan fingerprint density at radius 1 is 1.48 bits per heavy atom. The lowest BCUT2D eigenvalue weighted by Crippen LogP contribution is -2.52. The Labute approximate surface area is 126 Å². The van der Waals surface area contributed by atoms with Gasteiger partial charge in [0.2, 0.25) is 0 Å². The summed E-state index contributed by atoms with van der Waals surface area (Å²) >= 11 is 5.79. The summed E-state index contributed by atoms with van der Waals surface area (Å²) in [4.78, 5) is 28.4. The summed E-state index contributed by atoms with van der Waals surface area (Å²) in [6.45, 7) is -0.0483. The van der Waals surface area contributed by atoms with Crippen molar-refractivity contribution in [2.75, 3.05) is 18.1 Å². The number of carboxylic acids is 1. The van der Waals surface area contributed by atoms with Gasteiger partial charge in [-0.05, 0) is 12.1 Å². The van der Waals surface area contributed by atoms with Crippen molar-refractivity contribution >= 4 is 33.3 Å². The zero-order valence-electron chi connectivity index (χ0n) is 10.9. The fourth-order valence-electron chi connectivity index (χ4n) is 2.19. The van der Waals surface area contributed by atoms with E-state index in [0.29, 0.717) is 5.02 Å². The lowest BCUT2D eigenvalue weighted by Gasteiger charge is -2.34. The van der Waals surface area contributed by atoms with Crippen LogP contribution in [0, 0.1) is 0 Å². The molecule has 114 valence electrons. The van der Waals surface area contributed by atoms with Crippen LogP contribution in [0.3, 0.4) is 0 Å². The number of aromatic nitrogens is 1. The third kappa shape index (κ3) is 3.92. The van der Waals surface area contributed by atoms with E-state index in [1.807, 2.05) is 0 Å². The second-order valence-corrected chi connectivity index (χ2v) is 7.39. The smallest absolute Gasteiger partial charge is 0.305 e. The molecule has 1 aliphatic rings. The second-order valence-electron chi connectivity index (χ2n) is 4.72. The molecule has 1 atom stereocenters. The van der Waals surface area contributed by atoms with Gasteiger partial charge in [-0.2, -0.15) is 0 Å². The number of amides is 1. The van der Waals surface area contributed by atoms with Crippen LogP contribution in [0.25, 0.3) is 0 Å². The molecule has 0 radical (unpaired) electrons.